The van der Waals surface area contributed by atoms with Crippen molar-refractivity contribution in [3.05, 3.63) is 112 Å². The standard InChI is InChI=1S/C36H28Cl2N2O8S.Na/c1-3-46-23-9-5-20(6-10-23)39-21-7-12-25-30(17-21)48-31-18-22(40-29-16-11-24(47-4-2)19-32(29)49(43,44)45)8-13-26(31)33(25)34-27(37)14-15-28(38)35(34)36(41)42;/h5-19,39H,3-4H2,1-2H3,(H,41,42)(H,43,44,45);/q;+1. The van der Waals surface area contributed by atoms with Crippen molar-refractivity contribution in [3.63, 3.8) is 0 Å². The molecule has 0 unspecified atom stereocenters. The van der Waals surface area contributed by atoms with Crippen LogP contribution in [-0.4, -0.2) is 37.3 Å². The van der Waals surface area contributed by atoms with Gasteiger partial charge in [0.2, 0.25) is 0 Å². The number of ether oxygens (including phenoxy) is 2. The number of benzene rings is 5. The van der Waals surface area contributed by atoms with E-state index < -0.39 is 21.0 Å². The van der Waals surface area contributed by atoms with Crippen LogP contribution in [0.1, 0.15) is 24.2 Å². The molecule has 0 fully saturated rings. The van der Waals surface area contributed by atoms with Gasteiger partial charge >= 0.3 is 35.5 Å². The Morgan fingerprint density at radius 1 is 0.820 bits per heavy atom. The van der Waals surface area contributed by atoms with E-state index in [1.165, 1.54) is 24.3 Å². The monoisotopic (exact) mass is 741 g/mol. The van der Waals surface area contributed by atoms with E-state index in [1.807, 2.05) is 37.3 Å². The van der Waals surface area contributed by atoms with E-state index in [2.05, 4.69) is 10.3 Å². The van der Waals surface area contributed by atoms with Gasteiger partial charge in [-0.05, 0) is 86.6 Å². The zero-order valence-corrected chi connectivity index (χ0v) is 31.4. The first-order valence-corrected chi connectivity index (χ1v) is 17.2. The molecule has 1 aliphatic carbocycles. The molecule has 0 amide bonds. The van der Waals surface area contributed by atoms with Gasteiger partial charge in [-0.25, -0.2) is 9.79 Å². The van der Waals surface area contributed by atoms with Crippen molar-refractivity contribution in [2.45, 2.75) is 18.7 Å². The van der Waals surface area contributed by atoms with Crippen molar-refractivity contribution in [1.29, 1.82) is 0 Å². The third-order valence-corrected chi connectivity index (χ3v) is 9.01. The Labute approximate surface area is 319 Å². The van der Waals surface area contributed by atoms with Crippen LogP contribution in [-0.2, 0) is 10.1 Å². The average Bonchev–Trinajstić information content (AvgIpc) is 3.06. The minimum atomic E-state index is -4.66. The molecule has 0 bridgehead atoms. The van der Waals surface area contributed by atoms with Crippen LogP contribution in [0.2, 0.25) is 10.0 Å². The molecule has 0 atom stereocenters. The third kappa shape index (κ3) is 7.79. The van der Waals surface area contributed by atoms with Gasteiger partial charge in [0.15, 0.2) is 0 Å². The second-order valence-electron chi connectivity index (χ2n) is 10.7. The van der Waals surface area contributed by atoms with E-state index >= 15 is 0 Å². The summed E-state index contributed by atoms with van der Waals surface area (Å²) < 4.78 is 51.8. The molecule has 0 saturated carbocycles. The second-order valence-corrected chi connectivity index (χ2v) is 12.9. The fourth-order valence-corrected chi connectivity index (χ4v) is 6.59. The Bertz CT molecular complexity index is 2380. The molecule has 0 aromatic heterocycles. The SMILES string of the molecule is CCOc1ccc(Nc2ccc3c(-c4c(Cl)ccc(Cl)c4C(=O)O)c4ccc(=Nc5ccc(OCC)cc5S(=O)(=O)O)cc-4oc3c2)cc1.[Na+]. The summed E-state index contributed by atoms with van der Waals surface area (Å²) in [5.74, 6) is 0.00776. The van der Waals surface area contributed by atoms with Gasteiger partial charge < -0.3 is 24.3 Å². The maximum absolute atomic E-state index is 12.5. The summed E-state index contributed by atoms with van der Waals surface area (Å²) in [5, 5.41) is 14.6. The maximum Gasteiger partial charge on any atom is 1.00 e. The molecule has 6 rings (SSSR count). The number of carboxylic acids is 1. The van der Waals surface area contributed by atoms with Gasteiger partial charge in [0, 0.05) is 56.7 Å². The minimum Gasteiger partial charge on any atom is -0.494 e. The van der Waals surface area contributed by atoms with Crippen LogP contribution in [0.5, 0.6) is 11.5 Å². The van der Waals surface area contributed by atoms with E-state index in [-0.39, 0.29) is 73.3 Å². The number of carboxylic acid groups (broad SMARTS) is 1. The van der Waals surface area contributed by atoms with Gasteiger partial charge in [0.1, 0.15) is 27.7 Å². The van der Waals surface area contributed by atoms with Crippen LogP contribution >= 0.6 is 23.2 Å². The minimum absolute atomic E-state index is 0. The average molecular weight is 743 g/mol. The second kappa shape index (κ2) is 15.4. The molecular weight excluding hydrogens is 714 g/mol. The number of fused-ring (bicyclic) bond motifs is 2. The summed E-state index contributed by atoms with van der Waals surface area (Å²) in [6.45, 7) is 4.50. The number of carbonyl (C=O) groups is 1. The molecule has 4 aromatic rings. The fraction of sp³-hybridized carbons (Fsp3) is 0.111. The number of rotatable bonds is 10. The number of hydrogen-bond acceptors (Lipinski definition) is 8. The third-order valence-electron chi connectivity index (χ3n) is 7.50. The van der Waals surface area contributed by atoms with Crippen molar-refractivity contribution in [2.75, 3.05) is 18.5 Å². The van der Waals surface area contributed by atoms with Gasteiger partial charge in [-0.15, -0.1) is 0 Å². The van der Waals surface area contributed by atoms with E-state index in [0.717, 1.165) is 11.4 Å². The van der Waals surface area contributed by atoms with E-state index in [0.29, 0.717) is 41.0 Å². The summed E-state index contributed by atoms with van der Waals surface area (Å²) in [5.41, 5.74) is 2.79. The molecular formula is C36H28Cl2N2NaO8S+. The molecule has 250 valence electrons. The maximum atomic E-state index is 12.5. The summed E-state index contributed by atoms with van der Waals surface area (Å²) >= 11 is 13.1. The molecule has 4 aromatic carbocycles. The van der Waals surface area contributed by atoms with Crippen molar-refractivity contribution in [3.8, 4) is 33.9 Å². The molecule has 0 spiro atoms. The molecule has 1 aliphatic heterocycles. The number of halogens is 2. The van der Waals surface area contributed by atoms with Crippen LogP contribution < -0.4 is 49.7 Å². The van der Waals surface area contributed by atoms with Gasteiger partial charge in [0.25, 0.3) is 10.1 Å². The van der Waals surface area contributed by atoms with Crippen LogP contribution in [0.15, 0.2) is 105 Å². The summed E-state index contributed by atoms with van der Waals surface area (Å²) in [6.07, 6.45) is 0. The van der Waals surface area contributed by atoms with Gasteiger partial charge in [0.05, 0.1) is 34.8 Å². The Balaban J connectivity index is 0.00000486. The molecule has 0 saturated heterocycles. The molecule has 0 radical (unpaired) electrons. The van der Waals surface area contributed by atoms with Crippen molar-refractivity contribution in [2.24, 2.45) is 4.99 Å². The van der Waals surface area contributed by atoms with Crippen LogP contribution in [0.25, 0.3) is 33.4 Å². The normalized spacial score (nSPS) is 11.7. The smallest absolute Gasteiger partial charge is 0.494 e. The zero-order valence-electron chi connectivity index (χ0n) is 27.0. The quantitative estimate of drug-likeness (QED) is 0.0844. The van der Waals surface area contributed by atoms with Gasteiger partial charge in [-0.3, -0.25) is 4.55 Å². The Hall–Kier alpha value is -4.07. The molecule has 3 N–H and O–H groups in total. The van der Waals surface area contributed by atoms with E-state index in [4.69, 9.17) is 37.1 Å². The Morgan fingerprint density at radius 2 is 1.48 bits per heavy atom. The first kappa shape index (κ1) is 37.2. The topological polar surface area (TPSA) is 148 Å². The largest absolute Gasteiger partial charge is 1.00 e. The summed E-state index contributed by atoms with van der Waals surface area (Å²) in [4.78, 5) is 16.6. The van der Waals surface area contributed by atoms with Crippen LogP contribution in [0, 0.1) is 0 Å². The van der Waals surface area contributed by atoms with E-state index in [1.54, 1.807) is 43.3 Å². The number of anilines is 2. The molecule has 2 aliphatic rings. The Morgan fingerprint density at radius 3 is 2.16 bits per heavy atom. The fourth-order valence-electron chi connectivity index (χ4n) is 5.46. The number of nitrogens with one attached hydrogen (secondary N) is 1. The number of nitrogens with zero attached hydrogens (tertiary/aromatic N) is 1. The van der Waals surface area contributed by atoms with Crippen molar-refractivity contribution >= 4 is 67.3 Å². The Kier molecular flexibility index (Phi) is 11.5. The molecule has 14 heteroatoms. The molecule has 10 nitrogen and oxygen atoms in total. The predicted octanol–water partition coefficient (Wildman–Crippen LogP) is 6.23. The van der Waals surface area contributed by atoms with Crippen LogP contribution in [0.4, 0.5) is 17.1 Å². The zero-order chi connectivity index (χ0) is 34.9. The first-order chi connectivity index (χ1) is 23.5. The number of hydrogen-bond donors (Lipinski definition) is 3. The first-order valence-electron chi connectivity index (χ1n) is 15.0. The van der Waals surface area contributed by atoms with Crippen LogP contribution in [0.3, 0.4) is 0 Å². The summed E-state index contributed by atoms with van der Waals surface area (Å²) in [7, 11) is -4.66. The molecule has 50 heavy (non-hydrogen) atoms. The predicted molar refractivity (Wildman–Crippen MR) is 189 cm³/mol. The van der Waals surface area contributed by atoms with Gasteiger partial charge in [-0.2, -0.15) is 8.42 Å². The summed E-state index contributed by atoms with van der Waals surface area (Å²) in [6, 6.07) is 24.8. The molecule has 1 heterocycles. The number of aromatic carboxylic acids is 1. The van der Waals surface area contributed by atoms with Crippen molar-refractivity contribution < 1.29 is 66.3 Å². The van der Waals surface area contributed by atoms with Crippen molar-refractivity contribution in [1.82, 2.24) is 0 Å². The van der Waals surface area contributed by atoms with Gasteiger partial charge in [-0.1, -0.05) is 23.2 Å². The van der Waals surface area contributed by atoms with E-state index in [9.17, 15) is 22.9 Å².